The van der Waals surface area contributed by atoms with E-state index in [0.717, 1.165) is 18.4 Å². The van der Waals surface area contributed by atoms with Crippen LogP contribution in [0.5, 0.6) is 0 Å². The number of nitrogens with zero attached hydrogens (tertiary/aromatic N) is 1. The van der Waals surface area contributed by atoms with E-state index >= 15 is 0 Å². The van der Waals surface area contributed by atoms with Gasteiger partial charge in [0.15, 0.2) is 0 Å². The van der Waals surface area contributed by atoms with Gasteiger partial charge in [-0.1, -0.05) is 13.3 Å². The molecule has 0 unspecified atom stereocenters. The summed E-state index contributed by atoms with van der Waals surface area (Å²) in [4.78, 5) is 3.77. The molecule has 1 aliphatic rings. The highest BCUT2D eigenvalue weighted by Gasteiger charge is 2.09. The van der Waals surface area contributed by atoms with Gasteiger partial charge >= 0.3 is 0 Å². The third kappa shape index (κ3) is 1.23. The molecule has 0 aliphatic carbocycles. The third-order valence-electron chi connectivity index (χ3n) is 1.39. The first-order valence-corrected chi connectivity index (χ1v) is 3.37. The summed E-state index contributed by atoms with van der Waals surface area (Å²) in [6.45, 7) is 2.07. The molecular formula is C7H11N3. The predicted molar refractivity (Wildman–Crippen MR) is 42.3 cm³/mol. The maximum atomic E-state index is 7.30. The summed E-state index contributed by atoms with van der Waals surface area (Å²) >= 11 is 0. The first kappa shape index (κ1) is 6.99. The molecule has 1 aliphatic heterocycles. The van der Waals surface area contributed by atoms with Crippen LogP contribution < -0.4 is 5.73 Å². The highest BCUT2D eigenvalue weighted by Crippen LogP contribution is 2.11. The number of hydrogen-bond acceptors (Lipinski definition) is 2. The van der Waals surface area contributed by atoms with Crippen molar-refractivity contribution in [1.82, 2.24) is 0 Å². The van der Waals surface area contributed by atoms with Gasteiger partial charge < -0.3 is 5.73 Å². The minimum Gasteiger partial charge on any atom is -0.384 e. The molecule has 0 fully saturated rings. The van der Waals surface area contributed by atoms with Crippen LogP contribution in [-0.2, 0) is 0 Å². The molecule has 3 nitrogen and oxygen atoms in total. The van der Waals surface area contributed by atoms with E-state index in [1.54, 1.807) is 6.08 Å². The monoisotopic (exact) mass is 137 g/mol. The van der Waals surface area contributed by atoms with Gasteiger partial charge in [-0.25, -0.2) is 4.99 Å². The molecule has 0 aromatic rings. The molecule has 0 radical (unpaired) electrons. The molecule has 54 valence electrons. The average Bonchev–Trinajstić information content (AvgIpc) is 2.13. The Bertz CT molecular complexity index is 213. The SMILES string of the molecule is CCCC1=CC(N)=NC1=N. The molecule has 0 saturated heterocycles. The van der Waals surface area contributed by atoms with Crippen molar-refractivity contribution in [3.63, 3.8) is 0 Å². The van der Waals surface area contributed by atoms with Crippen LogP contribution in [0.15, 0.2) is 16.6 Å². The van der Waals surface area contributed by atoms with E-state index in [1.165, 1.54) is 0 Å². The molecule has 10 heavy (non-hydrogen) atoms. The minimum absolute atomic E-state index is 0.333. The molecular weight excluding hydrogens is 126 g/mol. The van der Waals surface area contributed by atoms with Crippen molar-refractivity contribution in [3.05, 3.63) is 11.6 Å². The fourth-order valence-electron chi connectivity index (χ4n) is 0.940. The van der Waals surface area contributed by atoms with Crippen molar-refractivity contribution in [2.24, 2.45) is 10.7 Å². The van der Waals surface area contributed by atoms with E-state index in [2.05, 4.69) is 11.9 Å². The standard InChI is InChI=1S/C7H11N3/c1-2-3-5-4-6(8)10-7(5)9/h4H,2-3H2,1H3,(H3,8,9,10). The lowest BCUT2D eigenvalue weighted by molar-refractivity contribution is 0.935. The van der Waals surface area contributed by atoms with Gasteiger partial charge in [-0.2, -0.15) is 0 Å². The zero-order valence-corrected chi connectivity index (χ0v) is 6.02. The lowest BCUT2D eigenvalue weighted by Crippen LogP contribution is -2.04. The van der Waals surface area contributed by atoms with Gasteiger partial charge in [0.1, 0.15) is 11.7 Å². The van der Waals surface area contributed by atoms with E-state index in [0.29, 0.717) is 11.7 Å². The summed E-state index contributed by atoms with van der Waals surface area (Å²) in [5.74, 6) is 0.799. The fourth-order valence-corrected chi connectivity index (χ4v) is 0.940. The molecule has 0 atom stereocenters. The zero-order valence-electron chi connectivity index (χ0n) is 6.02. The molecule has 1 heterocycles. The summed E-state index contributed by atoms with van der Waals surface area (Å²) in [6, 6.07) is 0. The quantitative estimate of drug-likeness (QED) is 0.587. The Kier molecular flexibility index (Phi) is 1.85. The second-order valence-electron chi connectivity index (χ2n) is 2.30. The zero-order chi connectivity index (χ0) is 7.56. The van der Waals surface area contributed by atoms with Crippen LogP contribution in [0.4, 0.5) is 0 Å². The van der Waals surface area contributed by atoms with Crippen LogP contribution in [-0.4, -0.2) is 11.7 Å². The Balaban J connectivity index is 2.66. The molecule has 3 heteroatoms. The first-order valence-electron chi connectivity index (χ1n) is 3.37. The number of nitrogens with one attached hydrogen (secondary N) is 1. The first-order chi connectivity index (χ1) is 4.74. The number of aliphatic imine (C=N–C) groups is 1. The summed E-state index contributed by atoms with van der Waals surface area (Å²) in [5, 5.41) is 7.30. The van der Waals surface area contributed by atoms with Gasteiger partial charge in [-0.3, -0.25) is 5.41 Å². The predicted octanol–water partition coefficient (Wildman–Crippen LogP) is 1.06. The maximum absolute atomic E-state index is 7.30. The van der Waals surface area contributed by atoms with Crippen LogP contribution in [0.2, 0.25) is 0 Å². The van der Waals surface area contributed by atoms with Gasteiger partial charge in [0, 0.05) is 0 Å². The molecule has 0 bridgehead atoms. The lowest BCUT2D eigenvalue weighted by Gasteiger charge is -1.94. The van der Waals surface area contributed by atoms with Gasteiger partial charge in [0.05, 0.1) is 0 Å². The van der Waals surface area contributed by atoms with E-state index in [9.17, 15) is 0 Å². The Morgan fingerprint density at radius 2 is 2.40 bits per heavy atom. The van der Waals surface area contributed by atoms with Crippen molar-refractivity contribution in [2.45, 2.75) is 19.8 Å². The molecule has 0 spiro atoms. The summed E-state index contributed by atoms with van der Waals surface area (Å²) in [7, 11) is 0. The highest BCUT2D eigenvalue weighted by atomic mass is 14.9. The van der Waals surface area contributed by atoms with Crippen LogP contribution in [0.25, 0.3) is 0 Å². The van der Waals surface area contributed by atoms with Crippen LogP contribution in [0.3, 0.4) is 0 Å². The molecule has 0 amide bonds. The van der Waals surface area contributed by atoms with Crippen molar-refractivity contribution in [3.8, 4) is 0 Å². The molecule has 0 aromatic carbocycles. The molecule has 0 saturated carbocycles. The van der Waals surface area contributed by atoms with Crippen molar-refractivity contribution >= 4 is 11.7 Å². The third-order valence-corrected chi connectivity index (χ3v) is 1.39. The second kappa shape index (κ2) is 2.64. The van der Waals surface area contributed by atoms with E-state index in [-0.39, 0.29) is 0 Å². The summed E-state index contributed by atoms with van der Waals surface area (Å²) in [5.41, 5.74) is 6.34. The smallest absolute Gasteiger partial charge is 0.150 e. The maximum Gasteiger partial charge on any atom is 0.150 e. The number of rotatable bonds is 2. The number of hydrogen-bond donors (Lipinski definition) is 2. The molecule has 3 N–H and O–H groups in total. The van der Waals surface area contributed by atoms with Gasteiger partial charge in [-0.05, 0) is 18.1 Å². The van der Waals surface area contributed by atoms with Crippen LogP contribution in [0, 0.1) is 5.41 Å². The van der Waals surface area contributed by atoms with Crippen molar-refractivity contribution in [1.29, 1.82) is 5.41 Å². The van der Waals surface area contributed by atoms with E-state index < -0.39 is 0 Å². The molecule has 1 rings (SSSR count). The van der Waals surface area contributed by atoms with Crippen LogP contribution in [0.1, 0.15) is 19.8 Å². The lowest BCUT2D eigenvalue weighted by atomic mass is 10.1. The van der Waals surface area contributed by atoms with E-state index in [4.69, 9.17) is 11.1 Å². The Hall–Kier alpha value is -1.12. The Morgan fingerprint density at radius 3 is 2.80 bits per heavy atom. The topological polar surface area (TPSA) is 62.2 Å². The number of amidine groups is 2. The summed E-state index contributed by atoms with van der Waals surface area (Å²) < 4.78 is 0. The normalized spacial score (nSPS) is 17.1. The largest absolute Gasteiger partial charge is 0.384 e. The van der Waals surface area contributed by atoms with Crippen molar-refractivity contribution < 1.29 is 0 Å². The Labute approximate surface area is 60.2 Å². The van der Waals surface area contributed by atoms with Gasteiger partial charge in [0.2, 0.25) is 0 Å². The number of nitrogens with two attached hydrogens (primary N) is 1. The van der Waals surface area contributed by atoms with Crippen LogP contribution >= 0.6 is 0 Å². The summed E-state index contributed by atoms with van der Waals surface area (Å²) in [6.07, 6.45) is 3.71. The van der Waals surface area contributed by atoms with Crippen molar-refractivity contribution in [2.75, 3.05) is 0 Å². The molecule has 0 aromatic heterocycles. The fraction of sp³-hybridized carbons (Fsp3) is 0.429. The minimum atomic E-state index is 0.333. The Morgan fingerprint density at radius 1 is 1.70 bits per heavy atom. The van der Waals surface area contributed by atoms with Gasteiger partial charge in [0.25, 0.3) is 0 Å². The highest BCUT2D eigenvalue weighted by molar-refractivity contribution is 6.15. The average molecular weight is 137 g/mol. The van der Waals surface area contributed by atoms with Gasteiger partial charge in [-0.15, -0.1) is 0 Å². The van der Waals surface area contributed by atoms with E-state index in [1.807, 2.05) is 0 Å². The second-order valence-corrected chi connectivity index (χ2v) is 2.30.